The molecule has 0 amide bonds. The lowest BCUT2D eigenvalue weighted by molar-refractivity contribution is 0.236. The normalized spacial score (nSPS) is 21.0. The van der Waals surface area contributed by atoms with Gasteiger partial charge in [-0.05, 0) is 30.9 Å². The van der Waals surface area contributed by atoms with Gasteiger partial charge in [0.1, 0.15) is 18.2 Å². The largest absolute Gasteiger partial charge is 0.492 e. The Kier molecular flexibility index (Phi) is 4.75. The second-order valence-electron chi connectivity index (χ2n) is 7.39. The predicted molar refractivity (Wildman–Crippen MR) is 95.3 cm³/mol. The Morgan fingerprint density at radius 3 is 2.96 bits per heavy atom. The summed E-state index contributed by atoms with van der Waals surface area (Å²) < 4.78 is 21.0. The number of ether oxygens (including phenoxy) is 1. The molecule has 2 heterocycles. The zero-order valence-electron chi connectivity index (χ0n) is 14.8. The van der Waals surface area contributed by atoms with Crippen molar-refractivity contribution in [2.75, 3.05) is 6.61 Å². The van der Waals surface area contributed by atoms with Gasteiger partial charge in [0, 0.05) is 43.4 Å². The molecule has 5 heteroatoms. The van der Waals surface area contributed by atoms with Crippen LogP contribution in [0.3, 0.4) is 0 Å². The lowest BCUT2D eigenvalue weighted by Gasteiger charge is -2.26. The van der Waals surface area contributed by atoms with Crippen LogP contribution in [0.2, 0.25) is 0 Å². The van der Waals surface area contributed by atoms with Gasteiger partial charge in [0.05, 0.1) is 5.69 Å². The van der Waals surface area contributed by atoms with Crippen molar-refractivity contribution in [1.29, 1.82) is 0 Å². The number of hydrogen-bond donors (Lipinski definition) is 1. The lowest BCUT2D eigenvalue weighted by Crippen LogP contribution is -2.39. The van der Waals surface area contributed by atoms with Crippen LogP contribution in [0.5, 0.6) is 5.75 Å². The summed E-state index contributed by atoms with van der Waals surface area (Å²) >= 11 is 0. The number of rotatable bonds is 4. The van der Waals surface area contributed by atoms with Gasteiger partial charge < -0.3 is 10.1 Å². The standard InChI is InChI=1S/C20H26FN3O/c1-24-12-16(20(23-24)14-5-3-2-4-6-14)11-22-18-9-15-7-8-17(21)10-19(15)25-13-18/h7-8,10,12,14,18,22H,2-6,9,11,13H2,1H3. The van der Waals surface area contributed by atoms with Crippen LogP contribution >= 0.6 is 0 Å². The van der Waals surface area contributed by atoms with E-state index in [1.165, 1.54) is 55.5 Å². The first kappa shape index (κ1) is 16.6. The van der Waals surface area contributed by atoms with E-state index in [0.717, 1.165) is 18.5 Å². The van der Waals surface area contributed by atoms with E-state index in [1.807, 2.05) is 17.8 Å². The van der Waals surface area contributed by atoms with E-state index in [-0.39, 0.29) is 11.9 Å². The summed E-state index contributed by atoms with van der Waals surface area (Å²) in [5.41, 5.74) is 3.65. The number of nitrogens with zero attached hydrogens (tertiary/aromatic N) is 2. The molecule has 0 radical (unpaired) electrons. The highest BCUT2D eigenvalue weighted by molar-refractivity contribution is 5.36. The van der Waals surface area contributed by atoms with Crippen molar-refractivity contribution in [3.63, 3.8) is 0 Å². The van der Waals surface area contributed by atoms with Gasteiger partial charge in [-0.15, -0.1) is 0 Å². The number of hydrogen-bond acceptors (Lipinski definition) is 3. The maximum atomic E-state index is 13.3. The maximum absolute atomic E-state index is 13.3. The molecule has 0 bridgehead atoms. The second-order valence-corrected chi connectivity index (χ2v) is 7.39. The first-order valence-corrected chi connectivity index (χ1v) is 9.36. The van der Waals surface area contributed by atoms with Crippen molar-refractivity contribution < 1.29 is 9.13 Å². The van der Waals surface area contributed by atoms with Crippen LogP contribution in [-0.4, -0.2) is 22.4 Å². The molecule has 1 atom stereocenters. The minimum Gasteiger partial charge on any atom is -0.492 e. The maximum Gasteiger partial charge on any atom is 0.126 e. The molecule has 1 aliphatic heterocycles. The molecule has 134 valence electrons. The molecule has 4 rings (SSSR count). The zero-order valence-corrected chi connectivity index (χ0v) is 14.8. The van der Waals surface area contributed by atoms with E-state index >= 15 is 0 Å². The molecule has 2 aliphatic rings. The van der Waals surface area contributed by atoms with E-state index in [9.17, 15) is 4.39 Å². The van der Waals surface area contributed by atoms with Crippen LogP contribution in [0.1, 0.15) is 54.8 Å². The first-order chi connectivity index (χ1) is 12.2. The van der Waals surface area contributed by atoms with Gasteiger partial charge in [0.25, 0.3) is 0 Å². The number of benzene rings is 1. The van der Waals surface area contributed by atoms with E-state index in [0.29, 0.717) is 18.3 Å². The number of nitrogens with one attached hydrogen (secondary N) is 1. The molecule has 1 aromatic carbocycles. The van der Waals surface area contributed by atoms with E-state index in [2.05, 4.69) is 11.5 Å². The van der Waals surface area contributed by atoms with Crippen LogP contribution in [0.4, 0.5) is 4.39 Å². The Morgan fingerprint density at radius 2 is 2.12 bits per heavy atom. The fourth-order valence-electron chi connectivity index (χ4n) is 4.14. The average molecular weight is 343 g/mol. The summed E-state index contributed by atoms with van der Waals surface area (Å²) in [5, 5.41) is 8.36. The second kappa shape index (κ2) is 7.16. The Balaban J connectivity index is 1.41. The molecule has 1 fully saturated rings. The van der Waals surface area contributed by atoms with Crippen molar-refractivity contribution in [1.82, 2.24) is 15.1 Å². The minimum absolute atomic E-state index is 0.238. The van der Waals surface area contributed by atoms with Crippen molar-refractivity contribution in [3.8, 4) is 5.75 Å². The number of aromatic nitrogens is 2. The molecule has 1 N–H and O–H groups in total. The third-order valence-electron chi connectivity index (χ3n) is 5.45. The van der Waals surface area contributed by atoms with Gasteiger partial charge in [0.2, 0.25) is 0 Å². The fraction of sp³-hybridized carbons (Fsp3) is 0.550. The molecule has 1 unspecified atom stereocenters. The van der Waals surface area contributed by atoms with Crippen molar-refractivity contribution >= 4 is 0 Å². The fourth-order valence-corrected chi connectivity index (χ4v) is 4.14. The quantitative estimate of drug-likeness (QED) is 0.920. The summed E-state index contributed by atoms with van der Waals surface area (Å²) in [6.45, 7) is 1.39. The summed E-state index contributed by atoms with van der Waals surface area (Å²) in [6, 6.07) is 5.06. The topological polar surface area (TPSA) is 39.1 Å². The summed E-state index contributed by atoms with van der Waals surface area (Å²) in [4.78, 5) is 0. The summed E-state index contributed by atoms with van der Waals surface area (Å²) in [6.07, 6.45) is 9.52. The van der Waals surface area contributed by atoms with Crippen molar-refractivity contribution in [2.45, 2.75) is 57.0 Å². The Labute approximate surface area is 148 Å². The Morgan fingerprint density at radius 1 is 1.28 bits per heavy atom. The molecule has 1 aromatic heterocycles. The van der Waals surface area contributed by atoms with Crippen molar-refractivity contribution in [3.05, 3.63) is 47.0 Å². The van der Waals surface area contributed by atoms with Gasteiger partial charge in [-0.1, -0.05) is 25.3 Å². The van der Waals surface area contributed by atoms with E-state index < -0.39 is 0 Å². The van der Waals surface area contributed by atoms with Crippen LogP contribution in [0.15, 0.2) is 24.4 Å². The van der Waals surface area contributed by atoms with E-state index in [1.54, 1.807) is 0 Å². The van der Waals surface area contributed by atoms with Gasteiger partial charge in [0.15, 0.2) is 0 Å². The molecular formula is C20H26FN3O. The third kappa shape index (κ3) is 3.71. The minimum atomic E-state index is -0.238. The molecule has 2 aromatic rings. The van der Waals surface area contributed by atoms with Crippen LogP contribution in [0, 0.1) is 5.82 Å². The van der Waals surface area contributed by atoms with E-state index in [4.69, 9.17) is 9.84 Å². The lowest BCUT2D eigenvalue weighted by atomic mass is 9.85. The highest BCUT2D eigenvalue weighted by Gasteiger charge is 2.24. The van der Waals surface area contributed by atoms with Crippen LogP contribution < -0.4 is 10.1 Å². The van der Waals surface area contributed by atoms with Crippen LogP contribution in [-0.2, 0) is 20.0 Å². The zero-order chi connectivity index (χ0) is 17.2. The van der Waals surface area contributed by atoms with Crippen molar-refractivity contribution in [2.24, 2.45) is 7.05 Å². The first-order valence-electron chi connectivity index (χ1n) is 9.36. The number of aryl methyl sites for hydroxylation is 1. The number of halogens is 1. The highest BCUT2D eigenvalue weighted by atomic mass is 19.1. The van der Waals surface area contributed by atoms with Gasteiger partial charge >= 0.3 is 0 Å². The molecule has 25 heavy (non-hydrogen) atoms. The Hall–Kier alpha value is -1.88. The average Bonchev–Trinajstić information content (AvgIpc) is 3.01. The predicted octanol–water partition coefficient (Wildman–Crippen LogP) is 3.70. The summed E-state index contributed by atoms with van der Waals surface area (Å²) in [7, 11) is 2.00. The van der Waals surface area contributed by atoms with Gasteiger partial charge in [-0.25, -0.2) is 4.39 Å². The highest BCUT2D eigenvalue weighted by Crippen LogP contribution is 2.33. The summed E-state index contributed by atoms with van der Waals surface area (Å²) in [5.74, 6) is 1.05. The molecular weight excluding hydrogens is 317 g/mol. The molecule has 4 nitrogen and oxygen atoms in total. The SMILES string of the molecule is Cn1cc(CNC2COc3cc(F)ccc3C2)c(C2CCCCC2)n1. The smallest absolute Gasteiger partial charge is 0.126 e. The van der Waals surface area contributed by atoms with Crippen LogP contribution in [0.25, 0.3) is 0 Å². The number of fused-ring (bicyclic) bond motifs is 1. The molecule has 0 spiro atoms. The monoisotopic (exact) mass is 343 g/mol. The molecule has 1 saturated carbocycles. The van der Waals surface area contributed by atoms with Gasteiger partial charge in [-0.2, -0.15) is 5.10 Å². The van der Waals surface area contributed by atoms with Gasteiger partial charge in [-0.3, -0.25) is 4.68 Å². The third-order valence-corrected chi connectivity index (χ3v) is 5.45. The molecule has 0 saturated heterocycles. The Bertz CT molecular complexity index is 737. The molecule has 1 aliphatic carbocycles.